The van der Waals surface area contributed by atoms with E-state index >= 15 is 0 Å². The monoisotopic (exact) mass is 496 g/mol. The van der Waals surface area contributed by atoms with Gasteiger partial charge in [0.2, 0.25) is 0 Å². The molecule has 10 heteroatoms. The minimum absolute atomic E-state index is 0.0185. The predicted molar refractivity (Wildman–Crippen MR) is 115 cm³/mol. The summed E-state index contributed by atoms with van der Waals surface area (Å²) in [5, 5.41) is 0. The molecule has 0 bridgehead atoms. The Morgan fingerprint density at radius 2 is 1.24 bits per heavy atom. The van der Waals surface area contributed by atoms with Crippen LogP contribution in [0.4, 0.5) is 11.4 Å². The molecule has 0 atom stereocenters. The van der Waals surface area contributed by atoms with Crippen molar-refractivity contribution in [1.82, 2.24) is 0 Å². The van der Waals surface area contributed by atoms with Crippen molar-refractivity contribution in [2.75, 3.05) is 16.6 Å². The predicted octanol–water partition coefficient (Wildman–Crippen LogP) is 4.06. The quantitative estimate of drug-likeness (QED) is 0.513. The van der Waals surface area contributed by atoms with Crippen LogP contribution in [-0.4, -0.2) is 23.9 Å². The number of hydrogen-bond acceptors (Lipinski definition) is 5. The largest absolute Gasteiger partial charge is 0.495 e. The van der Waals surface area contributed by atoms with E-state index in [1.807, 2.05) is 0 Å². The van der Waals surface area contributed by atoms with Gasteiger partial charge >= 0.3 is 0 Å². The molecule has 0 heterocycles. The second-order valence-electron chi connectivity index (χ2n) is 5.89. The molecule has 3 rings (SSSR count). The van der Waals surface area contributed by atoms with Gasteiger partial charge in [0.05, 0.1) is 22.6 Å². The van der Waals surface area contributed by atoms with Gasteiger partial charge in [0.15, 0.2) is 0 Å². The Hall–Kier alpha value is -2.56. The molecule has 0 aliphatic heterocycles. The van der Waals surface area contributed by atoms with Crippen LogP contribution in [0.3, 0.4) is 0 Å². The molecule has 29 heavy (non-hydrogen) atoms. The van der Waals surface area contributed by atoms with Crippen molar-refractivity contribution in [1.29, 1.82) is 0 Å². The lowest BCUT2D eigenvalue weighted by molar-refractivity contribution is 0.417. The van der Waals surface area contributed by atoms with Gasteiger partial charge in [0.1, 0.15) is 5.75 Å². The Morgan fingerprint density at radius 3 is 1.83 bits per heavy atom. The highest BCUT2D eigenvalue weighted by Crippen LogP contribution is 2.27. The molecule has 0 amide bonds. The fourth-order valence-electron chi connectivity index (χ4n) is 2.46. The van der Waals surface area contributed by atoms with Crippen molar-refractivity contribution in [3.8, 4) is 5.75 Å². The molecule has 3 aromatic rings. The third-order valence-electron chi connectivity index (χ3n) is 3.89. The van der Waals surface area contributed by atoms with E-state index in [0.717, 1.165) is 4.47 Å². The first-order valence-electron chi connectivity index (χ1n) is 8.25. The Bertz CT molecular complexity index is 1210. The van der Waals surface area contributed by atoms with Crippen molar-refractivity contribution in [3.63, 3.8) is 0 Å². The van der Waals surface area contributed by atoms with Crippen LogP contribution in [0.2, 0.25) is 0 Å². The maximum atomic E-state index is 12.6. The molecule has 0 aliphatic carbocycles. The number of rotatable bonds is 7. The summed E-state index contributed by atoms with van der Waals surface area (Å²) in [6, 6.07) is 18.2. The molecule has 0 fully saturated rings. The van der Waals surface area contributed by atoms with Gasteiger partial charge in [-0.15, -0.1) is 0 Å². The van der Waals surface area contributed by atoms with E-state index in [9.17, 15) is 16.8 Å². The van der Waals surface area contributed by atoms with Gasteiger partial charge in [0.25, 0.3) is 20.0 Å². The van der Waals surface area contributed by atoms with E-state index in [2.05, 4.69) is 25.4 Å². The fraction of sp³-hybridized carbons (Fsp3) is 0.0526. The molecule has 0 aromatic heterocycles. The summed E-state index contributed by atoms with van der Waals surface area (Å²) < 4.78 is 60.9. The summed E-state index contributed by atoms with van der Waals surface area (Å²) in [4.78, 5) is 0.0743. The topological polar surface area (TPSA) is 102 Å². The van der Waals surface area contributed by atoms with Crippen LogP contribution in [0.5, 0.6) is 5.75 Å². The van der Waals surface area contributed by atoms with Gasteiger partial charge in [-0.1, -0.05) is 28.1 Å². The molecular weight excluding hydrogens is 480 g/mol. The van der Waals surface area contributed by atoms with Crippen LogP contribution < -0.4 is 14.2 Å². The third-order valence-corrected chi connectivity index (χ3v) is 7.20. The van der Waals surface area contributed by atoms with E-state index < -0.39 is 20.0 Å². The minimum Gasteiger partial charge on any atom is -0.495 e. The first-order valence-corrected chi connectivity index (χ1v) is 12.0. The van der Waals surface area contributed by atoms with Crippen molar-refractivity contribution >= 4 is 47.4 Å². The molecule has 7 nitrogen and oxygen atoms in total. The summed E-state index contributed by atoms with van der Waals surface area (Å²) in [5.74, 6) is 0.384. The maximum absolute atomic E-state index is 12.6. The second-order valence-corrected chi connectivity index (χ2v) is 10.2. The lowest BCUT2D eigenvalue weighted by atomic mass is 10.3. The van der Waals surface area contributed by atoms with Crippen molar-refractivity contribution in [2.45, 2.75) is 9.79 Å². The van der Waals surface area contributed by atoms with Crippen LogP contribution in [0.1, 0.15) is 0 Å². The Labute approximate surface area is 178 Å². The maximum Gasteiger partial charge on any atom is 0.262 e. The van der Waals surface area contributed by atoms with Crippen LogP contribution >= 0.6 is 15.9 Å². The van der Waals surface area contributed by atoms with Gasteiger partial charge in [-0.05, 0) is 60.7 Å². The average Bonchev–Trinajstić information content (AvgIpc) is 2.68. The molecule has 0 saturated heterocycles. The van der Waals surface area contributed by atoms with Crippen molar-refractivity contribution in [3.05, 3.63) is 77.3 Å². The third kappa shape index (κ3) is 5.08. The number of nitrogens with one attached hydrogen (secondary N) is 2. The van der Waals surface area contributed by atoms with E-state index in [0.29, 0.717) is 11.4 Å². The van der Waals surface area contributed by atoms with Crippen molar-refractivity contribution < 1.29 is 21.6 Å². The van der Waals surface area contributed by atoms with Crippen molar-refractivity contribution in [2.24, 2.45) is 0 Å². The van der Waals surface area contributed by atoms with E-state index in [1.165, 1.54) is 43.5 Å². The molecule has 2 N–H and O–H groups in total. The van der Waals surface area contributed by atoms with Gasteiger partial charge in [-0.3, -0.25) is 9.44 Å². The number of ether oxygens (including phenoxy) is 1. The Kier molecular flexibility index (Phi) is 6.15. The molecule has 3 aromatic carbocycles. The van der Waals surface area contributed by atoms with Crippen LogP contribution in [0.25, 0.3) is 0 Å². The zero-order valence-corrected chi connectivity index (χ0v) is 18.4. The minimum atomic E-state index is -3.88. The zero-order valence-electron chi connectivity index (χ0n) is 15.2. The molecule has 0 saturated carbocycles. The summed E-state index contributed by atoms with van der Waals surface area (Å²) in [6.07, 6.45) is 0. The van der Waals surface area contributed by atoms with E-state index in [1.54, 1.807) is 36.4 Å². The number of sulfonamides is 2. The summed E-state index contributed by atoms with van der Waals surface area (Å²) in [7, 11) is -6.22. The van der Waals surface area contributed by atoms with Gasteiger partial charge in [-0.2, -0.15) is 0 Å². The highest BCUT2D eigenvalue weighted by Gasteiger charge is 2.18. The number of anilines is 2. The number of halogens is 1. The highest BCUT2D eigenvalue weighted by molar-refractivity contribution is 9.10. The SMILES string of the molecule is COc1ccccc1NS(=O)(=O)c1ccc(NS(=O)(=O)c2ccc(Br)cc2)cc1. The molecule has 0 spiro atoms. The standard InChI is InChI=1S/C19H17BrN2O5S2/c1-27-19-5-3-2-4-18(19)22-29(25,26)17-12-8-15(9-13-17)21-28(23,24)16-10-6-14(20)7-11-16/h2-13,21-22H,1H3. The van der Waals surface area contributed by atoms with E-state index in [4.69, 9.17) is 4.74 Å². The van der Waals surface area contributed by atoms with Gasteiger partial charge in [-0.25, -0.2) is 16.8 Å². The molecule has 0 radical (unpaired) electrons. The molecular formula is C19H17BrN2O5S2. The second kappa shape index (κ2) is 8.44. The Balaban J connectivity index is 1.79. The fourth-order valence-corrected chi connectivity index (χ4v) is 4.86. The number of para-hydroxylation sites is 2. The molecule has 0 aliphatic rings. The lowest BCUT2D eigenvalue weighted by Crippen LogP contribution is -2.15. The summed E-state index contributed by atoms with van der Waals surface area (Å²) in [6.45, 7) is 0. The Morgan fingerprint density at radius 1 is 0.724 bits per heavy atom. The first kappa shape index (κ1) is 21.2. The lowest BCUT2D eigenvalue weighted by Gasteiger charge is -2.12. The number of hydrogen-bond donors (Lipinski definition) is 2. The normalized spacial score (nSPS) is 11.7. The summed E-state index contributed by atoms with van der Waals surface area (Å²) >= 11 is 3.25. The first-order chi connectivity index (χ1) is 13.7. The van der Waals surface area contributed by atoms with Crippen LogP contribution in [-0.2, 0) is 20.0 Å². The molecule has 152 valence electrons. The highest BCUT2D eigenvalue weighted by atomic mass is 79.9. The van der Waals surface area contributed by atoms with Gasteiger partial charge in [0, 0.05) is 10.2 Å². The number of benzene rings is 3. The van der Waals surface area contributed by atoms with Gasteiger partial charge < -0.3 is 4.74 Å². The summed E-state index contributed by atoms with van der Waals surface area (Å²) in [5.41, 5.74) is 0.541. The van der Waals surface area contributed by atoms with E-state index in [-0.39, 0.29) is 15.5 Å². The van der Waals surface area contributed by atoms with Crippen LogP contribution in [0.15, 0.2) is 87.1 Å². The smallest absolute Gasteiger partial charge is 0.262 e. The zero-order chi connectivity index (χ0) is 21.1. The average molecular weight is 497 g/mol. The number of methoxy groups -OCH3 is 1. The van der Waals surface area contributed by atoms with Crippen LogP contribution in [0, 0.1) is 0 Å². The molecule has 0 unspecified atom stereocenters.